The van der Waals surface area contributed by atoms with Gasteiger partial charge in [0.15, 0.2) is 0 Å². The molecule has 2 nitrogen and oxygen atoms in total. The first-order valence-corrected chi connectivity index (χ1v) is 5.91. The largest absolute Gasteiger partial charge is 0.304 e. The Bertz CT molecular complexity index is 326. The maximum atomic E-state index is 3.98. The second kappa shape index (κ2) is 5.28. The summed E-state index contributed by atoms with van der Waals surface area (Å²) in [6.07, 6.45) is 2.06. The van der Waals surface area contributed by atoms with Gasteiger partial charge >= 0.3 is 0 Å². The van der Waals surface area contributed by atoms with Gasteiger partial charge < -0.3 is 4.90 Å². The maximum Gasteiger partial charge on any atom is 0.0529 e. The van der Waals surface area contributed by atoms with Gasteiger partial charge in [-0.25, -0.2) is 0 Å². The average molecular weight is 216 g/mol. The zero-order chi connectivity index (χ0) is 11.4. The van der Waals surface area contributed by atoms with Crippen LogP contribution in [0.5, 0.6) is 0 Å². The average Bonchev–Trinajstić information content (AvgIpc) is 2.34. The van der Waals surface area contributed by atoms with Gasteiger partial charge in [0, 0.05) is 26.2 Å². The summed E-state index contributed by atoms with van der Waals surface area (Å²) >= 11 is 0. The standard InChI is InChI=1S/C14H20N2/c1-3-14(13-7-5-4-6-8-13)16-11-9-15(2)10-12-16/h3-8,14H,1,9-12H2,2H3. The molecule has 1 atom stereocenters. The number of rotatable bonds is 3. The Morgan fingerprint density at radius 1 is 1.12 bits per heavy atom. The number of benzene rings is 1. The van der Waals surface area contributed by atoms with Crippen LogP contribution in [0.25, 0.3) is 0 Å². The van der Waals surface area contributed by atoms with Crippen LogP contribution < -0.4 is 0 Å². The summed E-state index contributed by atoms with van der Waals surface area (Å²) in [4.78, 5) is 4.88. The van der Waals surface area contributed by atoms with E-state index < -0.39 is 0 Å². The number of hydrogen-bond donors (Lipinski definition) is 0. The fourth-order valence-corrected chi connectivity index (χ4v) is 2.25. The van der Waals surface area contributed by atoms with Crippen LogP contribution in [0.1, 0.15) is 11.6 Å². The number of nitrogens with zero attached hydrogens (tertiary/aromatic N) is 2. The van der Waals surface area contributed by atoms with Crippen molar-refractivity contribution in [1.82, 2.24) is 9.80 Å². The van der Waals surface area contributed by atoms with E-state index in [1.54, 1.807) is 0 Å². The summed E-state index contributed by atoms with van der Waals surface area (Å²) in [7, 11) is 2.18. The first-order valence-electron chi connectivity index (χ1n) is 5.91. The summed E-state index contributed by atoms with van der Waals surface area (Å²) in [6.45, 7) is 8.53. The minimum atomic E-state index is 0.370. The molecule has 1 aromatic rings. The Kier molecular flexibility index (Phi) is 3.75. The van der Waals surface area contributed by atoms with Crippen molar-refractivity contribution in [3.8, 4) is 0 Å². The molecule has 1 heterocycles. The summed E-state index contributed by atoms with van der Waals surface area (Å²) < 4.78 is 0. The number of likely N-dealkylation sites (N-methyl/N-ethyl adjacent to an activating group) is 1. The van der Waals surface area contributed by atoms with Gasteiger partial charge in [-0.1, -0.05) is 36.4 Å². The molecule has 86 valence electrons. The molecular weight excluding hydrogens is 196 g/mol. The van der Waals surface area contributed by atoms with Crippen LogP contribution in [-0.4, -0.2) is 43.0 Å². The molecule has 2 rings (SSSR count). The third kappa shape index (κ3) is 2.52. The van der Waals surface area contributed by atoms with Crippen LogP contribution in [0.15, 0.2) is 43.0 Å². The van der Waals surface area contributed by atoms with E-state index in [4.69, 9.17) is 0 Å². The lowest BCUT2D eigenvalue weighted by atomic mass is 10.0. The molecular formula is C14H20N2. The predicted molar refractivity (Wildman–Crippen MR) is 68.5 cm³/mol. The van der Waals surface area contributed by atoms with Crippen LogP contribution in [-0.2, 0) is 0 Å². The fraction of sp³-hybridized carbons (Fsp3) is 0.429. The highest BCUT2D eigenvalue weighted by atomic mass is 15.3. The molecule has 1 unspecified atom stereocenters. The van der Waals surface area contributed by atoms with Crippen LogP contribution in [0, 0.1) is 0 Å². The normalized spacial score (nSPS) is 20.6. The SMILES string of the molecule is C=CC(c1ccccc1)N1CCN(C)CC1. The second-order valence-electron chi connectivity index (χ2n) is 4.43. The first kappa shape index (κ1) is 11.4. The van der Waals surface area contributed by atoms with Gasteiger partial charge in [0.05, 0.1) is 6.04 Å². The van der Waals surface area contributed by atoms with E-state index in [1.165, 1.54) is 5.56 Å². The highest BCUT2D eigenvalue weighted by molar-refractivity contribution is 5.22. The summed E-state index contributed by atoms with van der Waals surface area (Å²) in [6, 6.07) is 11.0. The monoisotopic (exact) mass is 216 g/mol. The van der Waals surface area contributed by atoms with Crippen molar-refractivity contribution in [2.75, 3.05) is 33.2 Å². The molecule has 0 N–H and O–H groups in total. The van der Waals surface area contributed by atoms with Crippen LogP contribution >= 0.6 is 0 Å². The fourth-order valence-electron chi connectivity index (χ4n) is 2.25. The Labute approximate surface area is 98.2 Å². The van der Waals surface area contributed by atoms with Gasteiger partial charge in [-0.15, -0.1) is 6.58 Å². The molecule has 1 aliphatic heterocycles. The maximum absolute atomic E-state index is 3.98. The van der Waals surface area contributed by atoms with Gasteiger partial charge in [-0.05, 0) is 12.6 Å². The molecule has 0 saturated carbocycles. The third-order valence-corrected chi connectivity index (χ3v) is 3.30. The third-order valence-electron chi connectivity index (χ3n) is 3.30. The van der Waals surface area contributed by atoms with Crippen molar-refractivity contribution in [1.29, 1.82) is 0 Å². The van der Waals surface area contributed by atoms with E-state index >= 15 is 0 Å². The topological polar surface area (TPSA) is 6.48 Å². The zero-order valence-electron chi connectivity index (χ0n) is 9.97. The van der Waals surface area contributed by atoms with Crippen molar-refractivity contribution >= 4 is 0 Å². The molecule has 0 aliphatic carbocycles. The minimum absolute atomic E-state index is 0.370. The quantitative estimate of drug-likeness (QED) is 0.714. The van der Waals surface area contributed by atoms with Crippen molar-refractivity contribution in [2.45, 2.75) is 6.04 Å². The number of piperazine rings is 1. The van der Waals surface area contributed by atoms with Crippen molar-refractivity contribution in [3.63, 3.8) is 0 Å². The van der Waals surface area contributed by atoms with E-state index in [2.05, 4.69) is 59.8 Å². The molecule has 0 spiro atoms. The van der Waals surface area contributed by atoms with E-state index in [-0.39, 0.29) is 0 Å². The Balaban J connectivity index is 2.08. The van der Waals surface area contributed by atoms with Gasteiger partial charge in [-0.3, -0.25) is 4.90 Å². The first-order chi connectivity index (χ1) is 7.81. The highest BCUT2D eigenvalue weighted by Gasteiger charge is 2.20. The molecule has 1 fully saturated rings. The molecule has 0 bridgehead atoms. The van der Waals surface area contributed by atoms with Crippen molar-refractivity contribution < 1.29 is 0 Å². The van der Waals surface area contributed by atoms with Crippen LogP contribution in [0.2, 0.25) is 0 Å². The lowest BCUT2D eigenvalue weighted by Gasteiger charge is -2.36. The predicted octanol–water partition coefficient (Wildman–Crippen LogP) is 2.16. The van der Waals surface area contributed by atoms with Crippen LogP contribution in [0.4, 0.5) is 0 Å². The molecule has 1 saturated heterocycles. The molecule has 0 radical (unpaired) electrons. The van der Waals surface area contributed by atoms with E-state index in [0.29, 0.717) is 6.04 Å². The molecule has 2 heteroatoms. The van der Waals surface area contributed by atoms with E-state index in [0.717, 1.165) is 26.2 Å². The van der Waals surface area contributed by atoms with Gasteiger partial charge in [-0.2, -0.15) is 0 Å². The van der Waals surface area contributed by atoms with Gasteiger partial charge in [0.25, 0.3) is 0 Å². The van der Waals surface area contributed by atoms with E-state index in [9.17, 15) is 0 Å². The lowest BCUT2D eigenvalue weighted by Crippen LogP contribution is -2.45. The Morgan fingerprint density at radius 2 is 1.75 bits per heavy atom. The zero-order valence-corrected chi connectivity index (χ0v) is 9.97. The van der Waals surface area contributed by atoms with Crippen LogP contribution in [0.3, 0.4) is 0 Å². The minimum Gasteiger partial charge on any atom is -0.304 e. The molecule has 1 aromatic carbocycles. The second-order valence-corrected chi connectivity index (χ2v) is 4.43. The smallest absolute Gasteiger partial charge is 0.0529 e. The molecule has 16 heavy (non-hydrogen) atoms. The molecule has 1 aliphatic rings. The van der Waals surface area contributed by atoms with Gasteiger partial charge in [0.2, 0.25) is 0 Å². The highest BCUT2D eigenvalue weighted by Crippen LogP contribution is 2.22. The van der Waals surface area contributed by atoms with E-state index in [1.807, 2.05) is 0 Å². The molecule has 0 aromatic heterocycles. The Hall–Kier alpha value is -1.12. The summed E-state index contributed by atoms with van der Waals surface area (Å²) in [5, 5.41) is 0. The Morgan fingerprint density at radius 3 is 2.31 bits per heavy atom. The van der Waals surface area contributed by atoms with Crippen molar-refractivity contribution in [3.05, 3.63) is 48.6 Å². The summed E-state index contributed by atoms with van der Waals surface area (Å²) in [5.41, 5.74) is 1.35. The van der Waals surface area contributed by atoms with Crippen molar-refractivity contribution in [2.24, 2.45) is 0 Å². The molecule has 0 amide bonds. The number of hydrogen-bond acceptors (Lipinski definition) is 2. The summed E-state index contributed by atoms with van der Waals surface area (Å²) in [5.74, 6) is 0. The van der Waals surface area contributed by atoms with Gasteiger partial charge in [0.1, 0.15) is 0 Å². The lowest BCUT2D eigenvalue weighted by molar-refractivity contribution is 0.130.